The van der Waals surface area contributed by atoms with Gasteiger partial charge in [0, 0.05) is 12.5 Å². The predicted octanol–water partition coefficient (Wildman–Crippen LogP) is 4.30. The average Bonchev–Trinajstić information content (AvgIpc) is 3.28. The molecule has 1 saturated carbocycles. The number of carbonyl (C=O) groups is 1. The van der Waals surface area contributed by atoms with Crippen molar-refractivity contribution in [1.82, 2.24) is 4.90 Å². The van der Waals surface area contributed by atoms with Crippen LogP contribution in [0.4, 0.5) is 4.39 Å². The summed E-state index contributed by atoms with van der Waals surface area (Å²) in [7, 11) is 1.65. The van der Waals surface area contributed by atoms with Crippen molar-refractivity contribution in [2.75, 3.05) is 13.7 Å². The lowest BCUT2D eigenvalue weighted by Gasteiger charge is -2.25. The van der Waals surface area contributed by atoms with Crippen molar-refractivity contribution in [3.63, 3.8) is 0 Å². The second-order valence-corrected chi connectivity index (χ2v) is 6.93. The highest BCUT2D eigenvalue weighted by Crippen LogP contribution is 2.50. The van der Waals surface area contributed by atoms with Crippen LogP contribution in [-0.4, -0.2) is 24.5 Å². The minimum atomic E-state index is -0.198. The monoisotopic (exact) mass is 339 g/mol. The Balaban J connectivity index is 1.49. The van der Waals surface area contributed by atoms with Gasteiger partial charge in [-0.05, 0) is 54.5 Å². The Kier molecular flexibility index (Phi) is 4.20. The molecule has 0 N–H and O–H groups in total. The van der Waals surface area contributed by atoms with E-state index in [1.165, 1.54) is 6.07 Å². The topological polar surface area (TPSA) is 29.5 Å². The molecule has 1 amide bonds. The minimum Gasteiger partial charge on any atom is -0.497 e. The van der Waals surface area contributed by atoms with Gasteiger partial charge in [-0.2, -0.15) is 0 Å². The van der Waals surface area contributed by atoms with E-state index in [0.29, 0.717) is 5.56 Å². The molecule has 0 spiro atoms. The van der Waals surface area contributed by atoms with Gasteiger partial charge in [0.25, 0.3) is 0 Å². The van der Waals surface area contributed by atoms with Crippen LogP contribution in [0.2, 0.25) is 0 Å². The number of carbonyl (C=O) groups excluding carboxylic acids is 1. The summed E-state index contributed by atoms with van der Waals surface area (Å²) in [5.74, 6) is 0.755. The summed E-state index contributed by atoms with van der Waals surface area (Å²) in [4.78, 5) is 15.0. The molecule has 1 saturated heterocycles. The number of amides is 1. The first-order chi connectivity index (χ1) is 12.2. The van der Waals surface area contributed by atoms with Gasteiger partial charge in [-0.3, -0.25) is 4.79 Å². The lowest BCUT2D eigenvalue weighted by atomic mass is 10.0. The Hall–Kier alpha value is -2.36. The SMILES string of the molecule is COc1ccc(C2CCCN2C(=O)C2CC2c2ccccc2F)cc1. The molecule has 0 aromatic heterocycles. The summed E-state index contributed by atoms with van der Waals surface area (Å²) in [6.07, 6.45) is 2.75. The second kappa shape index (κ2) is 6.51. The highest BCUT2D eigenvalue weighted by molar-refractivity contribution is 5.83. The highest BCUT2D eigenvalue weighted by Gasteiger charge is 2.48. The van der Waals surface area contributed by atoms with Gasteiger partial charge in [0.2, 0.25) is 5.91 Å². The summed E-state index contributed by atoms with van der Waals surface area (Å²) in [6.45, 7) is 0.788. The quantitative estimate of drug-likeness (QED) is 0.831. The molecule has 3 atom stereocenters. The van der Waals surface area contributed by atoms with Crippen LogP contribution < -0.4 is 4.74 Å². The zero-order chi connectivity index (χ0) is 17.4. The van der Waals surface area contributed by atoms with Gasteiger partial charge in [0.1, 0.15) is 11.6 Å². The summed E-state index contributed by atoms with van der Waals surface area (Å²) in [6, 6.07) is 14.9. The van der Waals surface area contributed by atoms with Gasteiger partial charge in [-0.15, -0.1) is 0 Å². The molecule has 0 radical (unpaired) electrons. The number of nitrogens with zero attached hydrogens (tertiary/aromatic N) is 1. The van der Waals surface area contributed by atoms with Crippen LogP contribution in [0.3, 0.4) is 0 Å². The lowest BCUT2D eigenvalue weighted by molar-refractivity contribution is -0.133. The van der Waals surface area contributed by atoms with E-state index in [1.807, 2.05) is 35.2 Å². The normalized spacial score (nSPS) is 25.0. The molecule has 130 valence electrons. The number of ether oxygens (including phenoxy) is 1. The van der Waals surface area contributed by atoms with Crippen LogP contribution in [-0.2, 0) is 4.79 Å². The molecule has 3 nitrogen and oxygen atoms in total. The molecule has 1 aliphatic carbocycles. The van der Waals surface area contributed by atoms with E-state index in [-0.39, 0.29) is 29.6 Å². The Labute approximate surface area is 147 Å². The van der Waals surface area contributed by atoms with E-state index >= 15 is 0 Å². The zero-order valence-electron chi connectivity index (χ0n) is 14.3. The fourth-order valence-corrected chi connectivity index (χ4v) is 4.00. The fourth-order valence-electron chi connectivity index (χ4n) is 4.00. The number of likely N-dealkylation sites (tertiary alicyclic amines) is 1. The molecule has 2 aromatic rings. The Morgan fingerprint density at radius 1 is 1.16 bits per heavy atom. The Morgan fingerprint density at radius 3 is 2.64 bits per heavy atom. The van der Waals surface area contributed by atoms with Crippen LogP contribution in [0.1, 0.15) is 42.3 Å². The van der Waals surface area contributed by atoms with Crippen LogP contribution >= 0.6 is 0 Å². The molecule has 4 heteroatoms. The van der Waals surface area contributed by atoms with Crippen molar-refractivity contribution in [3.05, 3.63) is 65.5 Å². The first-order valence-electron chi connectivity index (χ1n) is 8.88. The number of hydrogen-bond donors (Lipinski definition) is 0. The Morgan fingerprint density at radius 2 is 1.92 bits per heavy atom. The van der Waals surface area contributed by atoms with Crippen LogP contribution in [0.25, 0.3) is 0 Å². The smallest absolute Gasteiger partial charge is 0.226 e. The van der Waals surface area contributed by atoms with E-state index in [2.05, 4.69) is 0 Å². The molecule has 1 aliphatic heterocycles. The van der Waals surface area contributed by atoms with Gasteiger partial charge in [-0.25, -0.2) is 4.39 Å². The van der Waals surface area contributed by atoms with Crippen molar-refractivity contribution in [3.8, 4) is 5.75 Å². The van der Waals surface area contributed by atoms with Crippen LogP contribution in [0, 0.1) is 11.7 Å². The van der Waals surface area contributed by atoms with Crippen LogP contribution in [0.15, 0.2) is 48.5 Å². The molecular formula is C21H22FNO2. The molecule has 4 rings (SSSR count). The zero-order valence-corrected chi connectivity index (χ0v) is 14.3. The van der Waals surface area contributed by atoms with E-state index < -0.39 is 0 Å². The minimum absolute atomic E-state index is 0.0332. The highest BCUT2D eigenvalue weighted by atomic mass is 19.1. The first-order valence-corrected chi connectivity index (χ1v) is 8.88. The lowest BCUT2D eigenvalue weighted by Crippen LogP contribution is -2.32. The number of rotatable bonds is 4. The summed E-state index contributed by atoms with van der Waals surface area (Å²) in [5.41, 5.74) is 1.83. The van der Waals surface area contributed by atoms with Crippen molar-refractivity contribution in [2.24, 2.45) is 5.92 Å². The second-order valence-electron chi connectivity index (χ2n) is 6.93. The van der Waals surface area contributed by atoms with Gasteiger partial charge in [0.15, 0.2) is 0 Å². The number of methoxy groups -OCH3 is 1. The third kappa shape index (κ3) is 3.01. The fraction of sp³-hybridized carbons (Fsp3) is 0.381. The molecule has 0 bridgehead atoms. The third-order valence-corrected chi connectivity index (χ3v) is 5.45. The number of hydrogen-bond acceptors (Lipinski definition) is 2. The van der Waals surface area contributed by atoms with Gasteiger partial charge in [0.05, 0.1) is 13.2 Å². The maximum atomic E-state index is 14.0. The van der Waals surface area contributed by atoms with Crippen molar-refractivity contribution >= 4 is 5.91 Å². The van der Waals surface area contributed by atoms with Gasteiger partial charge >= 0.3 is 0 Å². The molecule has 2 fully saturated rings. The van der Waals surface area contributed by atoms with E-state index in [1.54, 1.807) is 19.2 Å². The average molecular weight is 339 g/mol. The molecule has 2 aliphatic rings. The molecule has 2 aromatic carbocycles. The van der Waals surface area contributed by atoms with Gasteiger partial charge < -0.3 is 9.64 Å². The maximum Gasteiger partial charge on any atom is 0.226 e. The summed E-state index contributed by atoms with van der Waals surface area (Å²) < 4.78 is 19.2. The van der Waals surface area contributed by atoms with E-state index in [0.717, 1.165) is 37.1 Å². The third-order valence-electron chi connectivity index (χ3n) is 5.45. The molecule has 1 heterocycles. The molecule has 3 unspecified atom stereocenters. The number of halogens is 1. The van der Waals surface area contributed by atoms with Crippen molar-refractivity contribution in [2.45, 2.75) is 31.2 Å². The Bertz CT molecular complexity index is 774. The number of benzene rings is 2. The van der Waals surface area contributed by atoms with Crippen LogP contribution in [0.5, 0.6) is 5.75 Å². The largest absolute Gasteiger partial charge is 0.497 e. The molecular weight excluding hydrogens is 317 g/mol. The van der Waals surface area contributed by atoms with E-state index in [9.17, 15) is 9.18 Å². The summed E-state index contributed by atoms with van der Waals surface area (Å²) in [5, 5.41) is 0. The first kappa shape index (κ1) is 16.1. The predicted molar refractivity (Wildman–Crippen MR) is 93.9 cm³/mol. The van der Waals surface area contributed by atoms with Crippen molar-refractivity contribution in [1.29, 1.82) is 0 Å². The van der Waals surface area contributed by atoms with Crippen molar-refractivity contribution < 1.29 is 13.9 Å². The summed E-state index contributed by atoms with van der Waals surface area (Å²) >= 11 is 0. The van der Waals surface area contributed by atoms with E-state index in [4.69, 9.17) is 4.74 Å². The molecule has 25 heavy (non-hydrogen) atoms. The maximum absolute atomic E-state index is 14.0. The standard InChI is InChI=1S/C21H22FNO2/c1-25-15-10-8-14(9-11-15)20-7-4-12-23(20)21(24)18-13-17(18)16-5-2-3-6-19(16)22/h2-3,5-6,8-11,17-18,20H,4,7,12-13H2,1H3. The van der Waals surface area contributed by atoms with Gasteiger partial charge in [-0.1, -0.05) is 30.3 Å².